The van der Waals surface area contributed by atoms with Gasteiger partial charge in [0, 0.05) is 17.8 Å². The number of rotatable bonds is 7. The summed E-state index contributed by atoms with van der Waals surface area (Å²) in [6.07, 6.45) is 2.79. The van der Waals surface area contributed by atoms with Crippen LogP contribution in [0.5, 0.6) is 0 Å². The van der Waals surface area contributed by atoms with Gasteiger partial charge in [0.25, 0.3) is 0 Å². The highest BCUT2D eigenvalue weighted by molar-refractivity contribution is 7.80. The maximum atomic E-state index is 11.7. The third kappa shape index (κ3) is 8.07. The first-order chi connectivity index (χ1) is 12.0. The van der Waals surface area contributed by atoms with Gasteiger partial charge in [-0.1, -0.05) is 6.92 Å². The fraction of sp³-hybridized carbons (Fsp3) is 0.294. The van der Waals surface area contributed by atoms with Crippen molar-refractivity contribution in [2.75, 3.05) is 18.5 Å². The first kappa shape index (κ1) is 20.3. The van der Waals surface area contributed by atoms with Crippen LogP contribution in [0.25, 0.3) is 0 Å². The molecule has 1 aromatic carbocycles. The van der Waals surface area contributed by atoms with Crippen molar-refractivity contribution in [3.8, 4) is 0 Å². The lowest BCUT2D eigenvalue weighted by atomic mass is 10.2. The summed E-state index contributed by atoms with van der Waals surface area (Å²) < 4.78 is 9.68. The van der Waals surface area contributed by atoms with E-state index in [1.54, 1.807) is 31.2 Å². The van der Waals surface area contributed by atoms with Gasteiger partial charge < -0.3 is 14.8 Å². The number of carbonyl (C=O) groups excluding carboxylic acids is 3. The molecule has 0 atom stereocenters. The molecule has 25 heavy (non-hydrogen) atoms. The minimum Gasteiger partial charge on any atom is -0.463 e. The molecule has 2 N–H and O–H groups in total. The van der Waals surface area contributed by atoms with Crippen molar-refractivity contribution in [1.29, 1.82) is 0 Å². The number of carbonyl (C=O) groups is 3. The molecule has 7 nitrogen and oxygen atoms in total. The molecular weight excluding hydrogens is 344 g/mol. The number of ether oxygens (including phenoxy) is 2. The van der Waals surface area contributed by atoms with Crippen LogP contribution in [-0.4, -0.2) is 36.2 Å². The van der Waals surface area contributed by atoms with E-state index in [-0.39, 0.29) is 11.7 Å². The average Bonchev–Trinajstić information content (AvgIpc) is 2.58. The van der Waals surface area contributed by atoms with Gasteiger partial charge in [0.2, 0.25) is 5.91 Å². The van der Waals surface area contributed by atoms with Crippen LogP contribution >= 0.6 is 12.2 Å². The maximum Gasteiger partial charge on any atom is 0.338 e. The molecule has 0 unspecified atom stereocenters. The molecule has 0 aromatic heterocycles. The number of esters is 2. The molecule has 8 heteroatoms. The fourth-order valence-corrected chi connectivity index (χ4v) is 1.84. The summed E-state index contributed by atoms with van der Waals surface area (Å²) >= 11 is 5.00. The van der Waals surface area contributed by atoms with Gasteiger partial charge >= 0.3 is 11.9 Å². The van der Waals surface area contributed by atoms with Crippen LogP contribution in [0.3, 0.4) is 0 Å². The van der Waals surface area contributed by atoms with Gasteiger partial charge in [0.1, 0.15) is 0 Å². The first-order valence-electron chi connectivity index (χ1n) is 7.70. The Morgan fingerprint density at radius 3 is 2.36 bits per heavy atom. The molecule has 0 aliphatic carbocycles. The van der Waals surface area contributed by atoms with Crippen molar-refractivity contribution in [3.63, 3.8) is 0 Å². The van der Waals surface area contributed by atoms with Crippen LogP contribution in [0.15, 0.2) is 36.4 Å². The highest BCUT2D eigenvalue weighted by atomic mass is 32.1. The Kier molecular flexibility index (Phi) is 8.87. The van der Waals surface area contributed by atoms with E-state index in [9.17, 15) is 14.4 Å². The zero-order chi connectivity index (χ0) is 18.7. The molecule has 0 aliphatic rings. The minimum absolute atomic E-state index is 0.0554. The molecule has 0 aliphatic heterocycles. The molecule has 0 radical (unpaired) electrons. The molecule has 0 spiro atoms. The lowest BCUT2D eigenvalue weighted by Gasteiger charge is -2.09. The van der Waals surface area contributed by atoms with Crippen LogP contribution < -0.4 is 10.6 Å². The topological polar surface area (TPSA) is 93.7 Å². The Bertz CT molecular complexity index is 656. The van der Waals surface area contributed by atoms with Crippen molar-refractivity contribution < 1.29 is 23.9 Å². The number of benzene rings is 1. The van der Waals surface area contributed by atoms with Crippen molar-refractivity contribution in [2.45, 2.75) is 20.3 Å². The van der Waals surface area contributed by atoms with E-state index in [2.05, 4.69) is 15.4 Å². The van der Waals surface area contributed by atoms with Gasteiger partial charge in [-0.3, -0.25) is 10.1 Å². The summed E-state index contributed by atoms with van der Waals surface area (Å²) in [6, 6.07) is 6.45. The molecule has 0 saturated heterocycles. The number of amides is 1. The zero-order valence-corrected chi connectivity index (χ0v) is 14.9. The van der Waals surface area contributed by atoms with Crippen LogP contribution in [0, 0.1) is 0 Å². The summed E-state index contributed by atoms with van der Waals surface area (Å²) in [5, 5.41) is 5.23. The molecule has 1 rings (SSSR count). The Morgan fingerprint density at radius 2 is 1.76 bits per heavy atom. The summed E-state index contributed by atoms with van der Waals surface area (Å²) in [7, 11) is 0. The number of hydrogen-bond donors (Lipinski definition) is 2. The van der Waals surface area contributed by atoms with Crippen LogP contribution in [-0.2, 0) is 19.1 Å². The van der Waals surface area contributed by atoms with Crippen molar-refractivity contribution >= 4 is 40.9 Å². The SMILES string of the molecule is CCCOC(=O)c1ccc(NC(=S)NC(=O)C=CC(=O)OCC)cc1. The number of nitrogens with one attached hydrogen (secondary N) is 2. The Labute approximate surface area is 151 Å². The van der Waals surface area contributed by atoms with Gasteiger partial charge in [0.15, 0.2) is 5.11 Å². The molecular formula is C17H20N2O5S. The summed E-state index contributed by atoms with van der Waals surface area (Å²) in [5.41, 5.74) is 1.01. The maximum absolute atomic E-state index is 11.7. The fourth-order valence-electron chi connectivity index (χ4n) is 1.62. The predicted molar refractivity (Wildman–Crippen MR) is 97.2 cm³/mol. The van der Waals surface area contributed by atoms with E-state index in [1.165, 1.54) is 0 Å². The molecule has 1 amide bonds. The quantitative estimate of drug-likeness (QED) is 0.435. The van der Waals surface area contributed by atoms with Crippen molar-refractivity contribution in [2.24, 2.45) is 0 Å². The van der Waals surface area contributed by atoms with E-state index in [0.717, 1.165) is 18.6 Å². The average molecular weight is 364 g/mol. The first-order valence-corrected chi connectivity index (χ1v) is 8.11. The predicted octanol–water partition coefficient (Wildman–Crippen LogP) is 2.19. The lowest BCUT2D eigenvalue weighted by Crippen LogP contribution is -2.33. The monoisotopic (exact) mass is 364 g/mol. The highest BCUT2D eigenvalue weighted by Gasteiger charge is 2.07. The van der Waals surface area contributed by atoms with E-state index in [4.69, 9.17) is 17.0 Å². The zero-order valence-electron chi connectivity index (χ0n) is 14.0. The van der Waals surface area contributed by atoms with Crippen molar-refractivity contribution in [1.82, 2.24) is 5.32 Å². The summed E-state index contributed by atoms with van der Waals surface area (Å²) in [4.78, 5) is 34.4. The van der Waals surface area contributed by atoms with Crippen LogP contribution in [0.1, 0.15) is 30.6 Å². The molecule has 0 fully saturated rings. The second-order valence-corrected chi connectivity index (χ2v) is 5.15. The van der Waals surface area contributed by atoms with Gasteiger partial charge in [-0.05, 0) is 49.8 Å². The van der Waals surface area contributed by atoms with E-state index in [0.29, 0.717) is 17.9 Å². The highest BCUT2D eigenvalue weighted by Crippen LogP contribution is 2.10. The Morgan fingerprint density at radius 1 is 1.08 bits per heavy atom. The number of anilines is 1. The van der Waals surface area contributed by atoms with E-state index < -0.39 is 17.8 Å². The Balaban J connectivity index is 2.50. The van der Waals surface area contributed by atoms with E-state index in [1.807, 2.05) is 6.92 Å². The molecule has 1 aromatic rings. The van der Waals surface area contributed by atoms with Gasteiger partial charge in [-0.2, -0.15) is 0 Å². The third-order valence-electron chi connectivity index (χ3n) is 2.71. The largest absolute Gasteiger partial charge is 0.463 e. The second-order valence-electron chi connectivity index (χ2n) is 4.74. The molecule has 0 heterocycles. The molecule has 134 valence electrons. The van der Waals surface area contributed by atoms with Gasteiger partial charge in [-0.25, -0.2) is 9.59 Å². The van der Waals surface area contributed by atoms with Crippen molar-refractivity contribution in [3.05, 3.63) is 42.0 Å². The Hall–Kier alpha value is -2.74. The third-order valence-corrected chi connectivity index (χ3v) is 2.91. The normalized spacial score (nSPS) is 10.2. The lowest BCUT2D eigenvalue weighted by molar-refractivity contribution is -0.137. The molecule has 0 bridgehead atoms. The molecule has 0 saturated carbocycles. The van der Waals surface area contributed by atoms with Crippen LogP contribution in [0.2, 0.25) is 0 Å². The summed E-state index contributed by atoms with van der Waals surface area (Å²) in [6.45, 7) is 4.18. The van der Waals surface area contributed by atoms with Gasteiger partial charge in [-0.15, -0.1) is 0 Å². The smallest absolute Gasteiger partial charge is 0.338 e. The minimum atomic E-state index is -0.609. The number of hydrogen-bond acceptors (Lipinski definition) is 6. The standard InChI is InChI=1S/C17H20N2O5S/c1-3-11-24-16(22)12-5-7-13(8-6-12)18-17(25)19-14(20)9-10-15(21)23-4-2/h5-10H,3-4,11H2,1-2H3,(H2,18,19,20,25). The second kappa shape index (κ2) is 10.9. The summed E-state index contributed by atoms with van der Waals surface area (Å²) in [5.74, 6) is -1.57. The van der Waals surface area contributed by atoms with Gasteiger partial charge in [0.05, 0.1) is 18.8 Å². The number of thiocarbonyl (C=S) groups is 1. The van der Waals surface area contributed by atoms with Crippen LogP contribution in [0.4, 0.5) is 5.69 Å². The van der Waals surface area contributed by atoms with E-state index >= 15 is 0 Å².